The maximum Gasteiger partial charge on any atom is 0.413 e. The van der Waals surface area contributed by atoms with Gasteiger partial charge >= 0.3 is 6.09 Å². The fourth-order valence-electron chi connectivity index (χ4n) is 4.12. The molecule has 0 fully saturated rings. The van der Waals surface area contributed by atoms with Crippen LogP contribution in [0.15, 0.2) is 42.7 Å². The lowest BCUT2D eigenvalue weighted by atomic mass is 10.0. The predicted octanol–water partition coefficient (Wildman–Crippen LogP) is 5.35. The molecule has 2 amide bonds. The van der Waals surface area contributed by atoms with Gasteiger partial charge in [0.2, 0.25) is 0 Å². The Hall–Kier alpha value is -4.14. The molecule has 9 heteroatoms. The average molecular weight is 490 g/mol. The Morgan fingerprint density at radius 3 is 2.44 bits per heavy atom. The lowest BCUT2D eigenvalue weighted by Crippen LogP contribution is -2.27. The number of aromatic nitrogens is 2. The summed E-state index contributed by atoms with van der Waals surface area (Å²) in [6, 6.07) is 11.6. The zero-order valence-corrected chi connectivity index (χ0v) is 21.4. The fraction of sp³-hybridized carbons (Fsp3) is 0.333. The molecule has 36 heavy (non-hydrogen) atoms. The molecule has 0 unspecified atom stereocenters. The summed E-state index contributed by atoms with van der Waals surface area (Å²) >= 11 is 0. The van der Waals surface area contributed by atoms with Crippen LogP contribution in [0.1, 0.15) is 53.4 Å². The minimum Gasteiger partial charge on any atom is -0.497 e. The summed E-state index contributed by atoms with van der Waals surface area (Å²) in [5.41, 5.74) is 4.46. The highest BCUT2D eigenvalue weighted by molar-refractivity contribution is 6.00. The molecule has 2 N–H and O–H groups in total. The summed E-state index contributed by atoms with van der Waals surface area (Å²) in [7, 11) is 1.63. The van der Waals surface area contributed by atoms with Crippen molar-refractivity contribution < 1.29 is 19.1 Å². The molecule has 1 aromatic heterocycles. The number of carbonyl (C=O) groups excluding carboxylic acids is 2. The number of hydrogen-bond donors (Lipinski definition) is 2. The van der Waals surface area contributed by atoms with Crippen molar-refractivity contribution in [3.05, 3.63) is 70.5 Å². The number of amides is 2. The van der Waals surface area contributed by atoms with Gasteiger partial charge in [-0.05, 0) is 75.6 Å². The molecule has 0 spiro atoms. The number of methoxy groups -OCH3 is 1. The number of fused-ring (bicyclic) bond motifs is 1. The third-order valence-corrected chi connectivity index (χ3v) is 5.78. The summed E-state index contributed by atoms with van der Waals surface area (Å²) in [5, 5.41) is 5.99. The smallest absolute Gasteiger partial charge is 0.413 e. The molecule has 1 aliphatic heterocycles. The number of carbonyl (C=O) groups is 2. The Bertz CT molecular complexity index is 1300. The second-order valence-corrected chi connectivity index (χ2v) is 9.78. The lowest BCUT2D eigenvalue weighted by Gasteiger charge is -2.20. The van der Waals surface area contributed by atoms with Crippen molar-refractivity contribution >= 4 is 29.3 Å². The van der Waals surface area contributed by atoms with Gasteiger partial charge in [-0.2, -0.15) is 0 Å². The second kappa shape index (κ2) is 9.85. The first kappa shape index (κ1) is 25.0. The maximum atomic E-state index is 13.1. The minimum atomic E-state index is -0.618. The van der Waals surface area contributed by atoms with Crippen molar-refractivity contribution in [2.45, 2.75) is 53.3 Å². The number of anilines is 3. The van der Waals surface area contributed by atoms with E-state index in [2.05, 4.69) is 20.6 Å². The molecular weight excluding hydrogens is 458 g/mol. The molecule has 188 valence electrons. The topological polar surface area (TPSA) is 106 Å². The van der Waals surface area contributed by atoms with Crippen LogP contribution in [0, 0.1) is 13.8 Å². The van der Waals surface area contributed by atoms with E-state index in [-0.39, 0.29) is 5.91 Å². The molecule has 9 nitrogen and oxygen atoms in total. The summed E-state index contributed by atoms with van der Waals surface area (Å²) < 4.78 is 10.5. The quantitative estimate of drug-likeness (QED) is 0.481. The predicted molar refractivity (Wildman–Crippen MR) is 138 cm³/mol. The minimum absolute atomic E-state index is 0.0203. The first-order valence-corrected chi connectivity index (χ1v) is 11.7. The molecule has 4 rings (SSSR count). The molecule has 0 atom stereocenters. The molecule has 2 heterocycles. The van der Waals surface area contributed by atoms with E-state index in [1.54, 1.807) is 27.9 Å². The van der Waals surface area contributed by atoms with Gasteiger partial charge in [-0.1, -0.05) is 12.1 Å². The first-order chi connectivity index (χ1) is 17.0. The highest BCUT2D eigenvalue weighted by Crippen LogP contribution is 2.32. The van der Waals surface area contributed by atoms with Gasteiger partial charge in [-0.15, -0.1) is 0 Å². The van der Waals surface area contributed by atoms with E-state index in [9.17, 15) is 9.59 Å². The van der Waals surface area contributed by atoms with Crippen LogP contribution >= 0.6 is 0 Å². The molecule has 0 aliphatic carbocycles. The van der Waals surface area contributed by atoms with E-state index in [1.807, 2.05) is 55.1 Å². The summed E-state index contributed by atoms with van der Waals surface area (Å²) in [4.78, 5) is 35.7. The van der Waals surface area contributed by atoms with E-state index in [0.717, 1.165) is 33.7 Å². The number of rotatable bonds is 6. The number of aryl methyl sites for hydroxylation is 1. The molecule has 0 radical (unpaired) electrons. The molecule has 1 aliphatic rings. The number of nitrogens with zero attached hydrogens (tertiary/aromatic N) is 3. The van der Waals surface area contributed by atoms with Crippen LogP contribution in [0.2, 0.25) is 0 Å². The molecule has 3 aromatic rings. The van der Waals surface area contributed by atoms with E-state index in [4.69, 9.17) is 9.47 Å². The Kier molecular flexibility index (Phi) is 6.83. The molecule has 0 saturated heterocycles. The highest BCUT2D eigenvalue weighted by atomic mass is 16.6. The highest BCUT2D eigenvalue weighted by Gasteiger charge is 2.29. The van der Waals surface area contributed by atoms with E-state index in [0.29, 0.717) is 30.3 Å². The maximum absolute atomic E-state index is 13.1. The van der Waals surface area contributed by atoms with Gasteiger partial charge in [0.1, 0.15) is 29.3 Å². The third-order valence-electron chi connectivity index (χ3n) is 5.78. The number of hydrogen-bond acceptors (Lipinski definition) is 7. The Morgan fingerprint density at radius 1 is 1.08 bits per heavy atom. The Balaban J connectivity index is 1.50. The monoisotopic (exact) mass is 489 g/mol. The van der Waals surface area contributed by atoms with E-state index >= 15 is 0 Å². The normalized spacial score (nSPS) is 12.8. The van der Waals surface area contributed by atoms with Crippen LogP contribution < -0.4 is 15.4 Å². The van der Waals surface area contributed by atoms with Gasteiger partial charge in [0.05, 0.1) is 7.11 Å². The van der Waals surface area contributed by atoms with Crippen LogP contribution in [0.4, 0.5) is 22.1 Å². The zero-order valence-electron chi connectivity index (χ0n) is 21.4. The van der Waals surface area contributed by atoms with Gasteiger partial charge in [0.15, 0.2) is 0 Å². The summed E-state index contributed by atoms with van der Waals surface area (Å²) in [6.07, 6.45) is 0.793. The number of nitrogens with one attached hydrogen (secondary N) is 2. The van der Waals surface area contributed by atoms with Crippen LogP contribution in [-0.2, 0) is 17.8 Å². The van der Waals surface area contributed by atoms with Crippen LogP contribution in [0.3, 0.4) is 0 Å². The van der Waals surface area contributed by atoms with Crippen LogP contribution in [0.25, 0.3) is 0 Å². The molecular formula is C27H31N5O4. The van der Waals surface area contributed by atoms with Crippen molar-refractivity contribution in [1.82, 2.24) is 14.9 Å². The van der Waals surface area contributed by atoms with Crippen molar-refractivity contribution in [2.75, 3.05) is 17.7 Å². The average Bonchev–Trinajstić information content (AvgIpc) is 3.11. The van der Waals surface area contributed by atoms with Crippen LogP contribution in [-0.4, -0.2) is 39.6 Å². The first-order valence-electron chi connectivity index (χ1n) is 11.7. The van der Waals surface area contributed by atoms with Crippen molar-refractivity contribution in [2.24, 2.45) is 0 Å². The van der Waals surface area contributed by atoms with Gasteiger partial charge in [-0.25, -0.2) is 14.8 Å². The van der Waals surface area contributed by atoms with Crippen molar-refractivity contribution in [3.8, 4) is 5.75 Å². The summed E-state index contributed by atoms with van der Waals surface area (Å²) in [6.45, 7) is 10.2. The molecule has 0 saturated carbocycles. The second-order valence-electron chi connectivity index (χ2n) is 9.78. The van der Waals surface area contributed by atoms with Gasteiger partial charge in [-0.3, -0.25) is 10.1 Å². The number of benzene rings is 2. The van der Waals surface area contributed by atoms with Gasteiger partial charge in [0.25, 0.3) is 5.91 Å². The largest absolute Gasteiger partial charge is 0.497 e. The number of ether oxygens (including phenoxy) is 2. The van der Waals surface area contributed by atoms with Crippen molar-refractivity contribution in [1.29, 1.82) is 0 Å². The summed E-state index contributed by atoms with van der Waals surface area (Å²) in [5.74, 6) is 1.72. The van der Waals surface area contributed by atoms with E-state index in [1.165, 1.54) is 6.33 Å². The Labute approximate surface area is 210 Å². The third kappa shape index (κ3) is 5.56. The molecule has 2 aromatic carbocycles. The standard InChI is InChI=1S/C27H31N5O4/c1-16-11-20(30-23-17(2)24(29-15-28-23)31-26(34)36-27(3,4)5)12-19-14-32(25(33)22(16)19)13-18-7-9-21(35-6)10-8-18/h7-12,15H,13-14H2,1-6H3,(H2,28,29,30,31,34). The van der Waals surface area contributed by atoms with E-state index < -0.39 is 11.7 Å². The zero-order chi connectivity index (χ0) is 26.0. The van der Waals surface area contributed by atoms with Crippen molar-refractivity contribution in [3.63, 3.8) is 0 Å². The molecule has 0 bridgehead atoms. The fourth-order valence-corrected chi connectivity index (χ4v) is 4.12. The Morgan fingerprint density at radius 2 is 1.78 bits per heavy atom. The van der Waals surface area contributed by atoms with Gasteiger partial charge in [0, 0.05) is 29.9 Å². The van der Waals surface area contributed by atoms with Crippen LogP contribution in [0.5, 0.6) is 5.75 Å². The lowest BCUT2D eigenvalue weighted by molar-refractivity contribution is 0.0634. The SMILES string of the molecule is COc1ccc(CN2Cc3cc(Nc4ncnc(NC(=O)OC(C)(C)C)c4C)cc(C)c3C2=O)cc1. The van der Waals surface area contributed by atoms with Gasteiger partial charge < -0.3 is 19.7 Å².